The second-order valence-corrected chi connectivity index (χ2v) is 9.05. The number of hydrogen-bond acceptors (Lipinski definition) is 2. The molecule has 1 aliphatic rings. The Morgan fingerprint density at radius 3 is 2.21 bits per heavy atom. The van der Waals surface area contributed by atoms with E-state index >= 15 is 0 Å². The normalized spacial score (nSPS) is 21.6. The van der Waals surface area contributed by atoms with Gasteiger partial charge in [-0.1, -0.05) is 45.4 Å². The summed E-state index contributed by atoms with van der Waals surface area (Å²) in [6, 6.07) is 10.5. The number of nitrogens with one attached hydrogen (secondary N) is 1. The molecular weight excluding hydrogens is 367 g/mol. The van der Waals surface area contributed by atoms with Crippen molar-refractivity contribution in [2.75, 3.05) is 0 Å². The first-order chi connectivity index (χ1) is 13.5. The van der Waals surface area contributed by atoms with E-state index in [1.807, 2.05) is 58.9 Å². The molecule has 1 fully saturated rings. The highest BCUT2D eigenvalue weighted by Gasteiger charge is 2.64. The first-order valence-electron chi connectivity index (χ1n) is 9.71. The van der Waals surface area contributed by atoms with Crippen molar-refractivity contribution >= 4 is 11.6 Å². The van der Waals surface area contributed by atoms with Gasteiger partial charge in [0.25, 0.3) is 5.91 Å². The van der Waals surface area contributed by atoms with E-state index in [1.54, 1.807) is 13.0 Å². The molecule has 152 valence electrons. The molecule has 1 amide bonds. The highest BCUT2D eigenvalue weighted by atomic mass is 19.1. The van der Waals surface area contributed by atoms with Crippen LogP contribution in [-0.4, -0.2) is 18.1 Å². The van der Waals surface area contributed by atoms with Crippen molar-refractivity contribution in [1.82, 2.24) is 5.32 Å². The molecule has 1 aliphatic carbocycles. The molecule has 0 atom stereocenters. The third-order valence-electron chi connectivity index (χ3n) is 6.11. The topological polar surface area (TPSA) is 42.7 Å². The van der Waals surface area contributed by atoms with Gasteiger partial charge in [-0.2, -0.15) is 0 Å². The number of aryl methyl sites for hydroxylation is 1. The number of ether oxygens (including phenoxy) is 1. The summed E-state index contributed by atoms with van der Waals surface area (Å²) in [4.78, 5) is 15.9. The van der Waals surface area contributed by atoms with E-state index in [2.05, 4.69) is 10.2 Å². The van der Waals surface area contributed by atoms with Crippen LogP contribution in [0.15, 0.2) is 36.4 Å². The Morgan fingerprint density at radius 2 is 1.66 bits per heavy atom. The lowest BCUT2D eigenvalue weighted by Crippen LogP contribution is -2.74. The van der Waals surface area contributed by atoms with Crippen molar-refractivity contribution in [3.63, 3.8) is 0 Å². The van der Waals surface area contributed by atoms with Crippen LogP contribution in [0.4, 0.5) is 10.1 Å². The average Bonchev–Trinajstić information content (AvgIpc) is 2.67. The van der Waals surface area contributed by atoms with E-state index in [-0.39, 0.29) is 34.6 Å². The molecule has 0 saturated heterocycles. The van der Waals surface area contributed by atoms with Crippen LogP contribution in [-0.2, 0) is 0 Å². The minimum absolute atomic E-state index is 0.00906. The van der Waals surface area contributed by atoms with Gasteiger partial charge in [-0.25, -0.2) is 9.24 Å². The van der Waals surface area contributed by atoms with E-state index in [1.165, 1.54) is 6.07 Å². The van der Waals surface area contributed by atoms with Crippen LogP contribution in [0, 0.1) is 37.1 Å². The minimum atomic E-state index is -0.545. The van der Waals surface area contributed by atoms with Crippen molar-refractivity contribution in [2.24, 2.45) is 10.8 Å². The fourth-order valence-corrected chi connectivity index (χ4v) is 4.71. The molecule has 0 heterocycles. The first kappa shape index (κ1) is 20.9. The smallest absolute Gasteiger partial charge is 0.251 e. The van der Waals surface area contributed by atoms with Gasteiger partial charge < -0.3 is 10.1 Å². The summed E-state index contributed by atoms with van der Waals surface area (Å²) >= 11 is 0. The lowest BCUT2D eigenvalue weighted by atomic mass is 9.49. The molecule has 3 rings (SSSR count). The maximum atomic E-state index is 14.3. The van der Waals surface area contributed by atoms with Gasteiger partial charge in [0.2, 0.25) is 5.69 Å². The molecule has 2 aromatic rings. The van der Waals surface area contributed by atoms with Gasteiger partial charge in [0.15, 0.2) is 0 Å². The molecule has 29 heavy (non-hydrogen) atoms. The molecule has 0 unspecified atom stereocenters. The van der Waals surface area contributed by atoms with Gasteiger partial charge >= 0.3 is 0 Å². The molecule has 0 aliphatic heterocycles. The maximum absolute atomic E-state index is 14.3. The second kappa shape index (κ2) is 7.18. The van der Waals surface area contributed by atoms with Crippen molar-refractivity contribution in [2.45, 2.75) is 53.7 Å². The van der Waals surface area contributed by atoms with E-state index in [0.29, 0.717) is 16.9 Å². The Balaban J connectivity index is 1.80. The molecule has 0 bridgehead atoms. The number of hydrogen-bond donors (Lipinski definition) is 1. The number of benzene rings is 2. The van der Waals surface area contributed by atoms with Crippen LogP contribution in [0.2, 0.25) is 0 Å². The summed E-state index contributed by atoms with van der Waals surface area (Å²) in [6.45, 7) is 18.8. The van der Waals surface area contributed by atoms with Crippen molar-refractivity contribution < 1.29 is 13.9 Å². The zero-order valence-electron chi connectivity index (χ0n) is 17.8. The van der Waals surface area contributed by atoms with Gasteiger partial charge in [-0.3, -0.25) is 4.79 Å². The van der Waals surface area contributed by atoms with Crippen LogP contribution in [0.5, 0.6) is 5.75 Å². The second-order valence-electron chi connectivity index (χ2n) is 9.05. The number of carbonyl (C=O) groups excluding carboxylic acids is 1. The molecule has 4 nitrogen and oxygen atoms in total. The predicted octanol–water partition coefficient (Wildman–Crippen LogP) is 5.61. The van der Waals surface area contributed by atoms with Crippen LogP contribution < -0.4 is 10.1 Å². The minimum Gasteiger partial charge on any atom is -0.489 e. The fraction of sp³-hybridized carbons (Fsp3) is 0.417. The summed E-state index contributed by atoms with van der Waals surface area (Å²) in [5.74, 6) is -0.223. The van der Waals surface area contributed by atoms with Crippen molar-refractivity contribution in [3.8, 4) is 5.75 Å². The highest BCUT2D eigenvalue weighted by molar-refractivity contribution is 5.94. The number of carbonyl (C=O) groups is 1. The predicted molar refractivity (Wildman–Crippen MR) is 112 cm³/mol. The van der Waals surface area contributed by atoms with E-state index < -0.39 is 5.82 Å². The van der Waals surface area contributed by atoms with Gasteiger partial charge in [-0.05, 0) is 38.1 Å². The molecule has 0 radical (unpaired) electrons. The van der Waals surface area contributed by atoms with Gasteiger partial charge in [-0.15, -0.1) is 0 Å². The average molecular weight is 394 g/mol. The Labute approximate surface area is 171 Å². The van der Waals surface area contributed by atoms with Crippen LogP contribution in [0.25, 0.3) is 4.85 Å². The highest BCUT2D eigenvalue weighted by Crippen LogP contribution is 2.55. The Bertz CT molecular complexity index is 971. The largest absolute Gasteiger partial charge is 0.489 e. The monoisotopic (exact) mass is 394 g/mol. The molecule has 1 N–H and O–H groups in total. The number of halogens is 1. The Morgan fingerprint density at radius 1 is 1.07 bits per heavy atom. The molecule has 5 heteroatoms. The van der Waals surface area contributed by atoms with Crippen LogP contribution in [0.3, 0.4) is 0 Å². The number of nitrogens with zero attached hydrogens (tertiary/aromatic N) is 1. The summed E-state index contributed by atoms with van der Waals surface area (Å²) in [6.07, 6.45) is -0.227. The summed E-state index contributed by atoms with van der Waals surface area (Å²) in [7, 11) is 0. The fourth-order valence-electron chi connectivity index (χ4n) is 4.71. The molecule has 0 aromatic heterocycles. The van der Waals surface area contributed by atoms with E-state index in [9.17, 15) is 9.18 Å². The van der Waals surface area contributed by atoms with E-state index in [0.717, 1.165) is 5.56 Å². The zero-order valence-corrected chi connectivity index (χ0v) is 17.8. The molecule has 0 spiro atoms. The van der Waals surface area contributed by atoms with Crippen molar-refractivity contribution in [1.29, 1.82) is 0 Å². The zero-order chi connectivity index (χ0) is 21.6. The summed E-state index contributed by atoms with van der Waals surface area (Å²) < 4.78 is 20.6. The Kier molecular flexibility index (Phi) is 5.17. The summed E-state index contributed by atoms with van der Waals surface area (Å²) in [5.41, 5.74) is 1.34. The number of rotatable bonds is 4. The van der Waals surface area contributed by atoms with Gasteiger partial charge in [0.1, 0.15) is 17.7 Å². The molecule has 2 aromatic carbocycles. The Hall–Kier alpha value is -2.87. The molecular formula is C24H27FN2O2. The van der Waals surface area contributed by atoms with Crippen LogP contribution >= 0.6 is 0 Å². The quantitative estimate of drug-likeness (QED) is 0.686. The first-order valence-corrected chi connectivity index (χ1v) is 9.71. The van der Waals surface area contributed by atoms with Crippen LogP contribution in [0.1, 0.15) is 49.2 Å². The lowest BCUT2D eigenvalue weighted by molar-refractivity contribution is -0.164. The van der Waals surface area contributed by atoms with E-state index in [4.69, 9.17) is 11.3 Å². The molecule has 1 saturated carbocycles. The third kappa shape index (κ3) is 3.48. The van der Waals surface area contributed by atoms with Gasteiger partial charge in [0.05, 0.1) is 6.57 Å². The van der Waals surface area contributed by atoms with Crippen molar-refractivity contribution in [3.05, 3.63) is 70.3 Å². The third-order valence-corrected chi connectivity index (χ3v) is 6.11. The number of amides is 1. The maximum Gasteiger partial charge on any atom is 0.251 e. The lowest BCUT2D eigenvalue weighted by Gasteiger charge is -2.63. The standard InChI is InChI=1S/C24H27FN2O2/c1-14-8-10-16(11-9-14)20(28)27-21-23(3,4)22(24(21,5)6)29-18-13-12-17(26-7)19(25)15(18)2/h8-13,21-22H,1-6H3,(H,27,28). The SMILES string of the molecule is [C-]#[N+]c1ccc(OC2C(C)(C)C(NC(=O)c3ccc(C)cc3)C2(C)C)c(C)c1F. The summed E-state index contributed by atoms with van der Waals surface area (Å²) in [5, 5.41) is 3.16. The van der Waals surface area contributed by atoms with Gasteiger partial charge in [0, 0.05) is 28.0 Å².